The van der Waals surface area contributed by atoms with Crippen molar-refractivity contribution in [2.24, 2.45) is 0 Å². The molecule has 2 amide bonds. The van der Waals surface area contributed by atoms with Gasteiger partial charge in [0.15, 0.2) is 0 Å². The van der Waals surface area contributed by atoms with Gasteiger partial charge in [-0.3, -0.25) is 9.59 Å². The van der Waals surface area contributed by atoms with Crippen LogP contribution in [0.1, 0.15) is 52.5 Å². The van der Waals surface area contributed by atoms with E-state index in [4.69, 9.17) is 0 Å². The molecule has 0 aliphatic heterocycles. The SMILES string of the molecule is CCCCCNC(=O)c1cccc(C(=O)N(C)Cc2ccccc2)c1. The first kappa shape index (κ1) is 18.7. The Morgan fingerprint density at radius 2 is 1.68 bits per heavy atom. The fourth-order valence-electron chi connectivity index (χ4n) is 2.62. The van der Waals surface area contributed by atoms with E-state index in [1.165, 1.54) is 0 Å². The van der Waals surface area contributed by atoms with E-state index in [0.717, 1.165) is 24.8 Å². The van der Waals surface area contributed by atoms with Gasteiger partial charge in [-0.05, 0) is 30.2 Å². The molecule has 0 aromatic heterocycles. The molecule has 0 radical (unpaired) electrons. The minimum atomic E-state index is -0.128. The average Bonchev–Trinajstić information content (AvgIpc) is 2.65. The molecule has 0 fully saturated rings. The second-order valence-corrected chi connectivity index (χ2v) is 6.19. The predicted octanol–water partition coefficient (Wildman–Crippen LogP) is 3.88. The molecular weight excluding hydrogens is 312 g/mol. The standard InChI is InChI=1S/C21H26N2O2/c1-3-4-8-14-22-20(24)18-12-9-13-19(15-18)21(25)23(2)16-17-10-6-5-7-11-17/h5-7,9-13,15H,3-4,8,14,16H2,1-2H3,(H,22,24). The maximum absolute atomic E-state index is 12.6. The molecule has 2 rings (SSSR count). The zero-order chi connectivity index (χ0) is 18.1. The molecular formula is C21H26N2O2. The fraction of sp³-hybridized carbons (Fsp3) is 0.333. The lowest BCUT2D eigenvalue weighted by atomic mass is 10.1. The Hall–Kier alpha value is -2.62. The predicted molar refractivity (Wildman–Crippen MR) is 101 cm³/mol. The van der Waals surface area contributed by atoms with Gasteiger partial charge in [0, 0.05) is 31.3 Å². The van der Waals surface area contributed by atoms with Crippen LogP contribution in [0.3, 0.4) is 0 Å². The summed E-state index contributed by atoms with van der Waals surface area (Å²) in [6.07, 6.45) is 3.19. The van der Waals surface area contributed by atoms with E-state index in [1.807, 2.05) is 30.3 Å². The second-order valence-electron chi connectivity index (χ2n) is 6.19. The summed E-state index contributed by atoms with van der Waals surface area (Å²) in [5, 5.41) is 2.91. The van der Waals surface area contributed by atoms with Gasteiger partial charge in [-0.2, -0.15) is 0 Å². The first-order valence-electron chi connectivity index (χ1n) is 8.79. The number of hydrogen-bond donors (Lipinski definition) is 1. The van der Waals surface area contributed by atoms with Crippen molar-refractivity contribution >= 4 is 11.8 Å². The van der Waals surface area contributed by atoms with Gasteiger partial charge in [0.1, 0.15) is 0 Å². The summed E-state index contributed by atoms with van der Waals surface area (Å²) in [7, 11) is 1.77. The van der Waals surface area contributed by atoms with Crippen LogP contribution < -0.4 is 5.32 Å². The molecule has 25 heavy (non-hydrogen) atoms. The number of rotatable bonds is 8. The lowest BCUT2D eigenvalue weighted by Gasteiger charge is -2.17. The highest BCUT2D eigenvalue weighted by Gasteiger charge is 2.14. The molecule has 2 aromatic rings. The van der Waals surface area contributed by atoms with Crippen molar-refractivity contribution in [2.45, 2.75) is 32.7 Å². The number of benzene rings is 2. The van der Waals surface area contributed by atoms with Gasteiger partial charge >= 0.3 is 0 Å². The van der Waals surface area contributed by atoms with Crippen LogP contribution >= 0.6 is 0 Å². The molecule has 0 unspecified atom stereocenters. The number of hydrogen-bond acceptors (Lipinski definition) is 2. The van der Waals surface area contributed by atoms with Crippen LogP contribution in [-0.2, 0) is 6.54 Å². The highest BCUT2D eigenvalue weighted by Crippen LogP contribution is 2.11. The molecule has 0 heterocycles. The van der Waals surface area contributed by atoms with Crippen molar-refractivity contribution < 1.29 is 9.59 Å². The molecule has 0 aliphatic carbocycles. The lowest BCUT2D eigenvalue weighted by molar-refractivity contribution is 0.0785. The van der Waals surface area contributed by atoms with Crippen molar-refractivity contribution in [2.75, 3.05) is 13.6 Å². The average molecular weight is 338 g/mol. The summed E-state index contributed by atoms with van der Waals surface area (Å²) in [6.45, 7) is 3.33. The van der Waals surface area contributed by atoms with Crippen LogP contribution in [0.15, 0.2) is 54.6 Å². The monoisotopic (exact) mass is 338 g/mol. The van der Waals surface area contributed by atoms with E-state index in [2.05, 4.69) is 12.2 Å². The van der Waals surface area contributed by atoms with Crippen molar-refractivity contribution in [1.82, 2.24) is 10.2 Å². The van der Waals surface area contributed by atoms with Gasteiger partial charge in [0.25, 0.3) is 11.8 Å². The molecule has 0 atom stereocenters. The maximum Gasteiger partial charge on any atom is 0.253 e. The van der Waals surface area contributed by atoms with E-state index in [9.17, 15) is 9.59 Å². The molecule has 0 saturated carbocycles. The quantitative estimate of drug-likeness (QED) is 0.743. The molecule has 1 N–H and O–H groups in total. The van der Waals surface area contributed by atoms with Crippen molar-refractivity contribution in [3.8, 4) is 0 Å². The normalized spacial score (nSPS) is 10.3. The van der Waals surface area contributed by atoms with Crippen LogP contribution in [0.5, 0.6) is 0 Å². The highest BCUT2D eigenvalue weighted by molar-refractivity contribution is 5.99. The van der Waals surface area contributed by atoms with Gasteiger partial charge < -0.3 is 10.2 Å². The largest absolute Gasteiger partial charge is 0.352 e. The molecule has 0 aliphatic rings. The molecule has 4 heteroatoms. The Labute approximate surface area is 149 Å². The minimum Gasteiger partial charge on any atom is -0.352 e. The van der Waals surface area contributed by atoms with E-state index < -0.39 is 0 Å². The first-order valence-corrected chi connectivity index (χ1v) is 8.79. The van der Waals surface area contributed by atoms with E-state index in [1.54, 1.807) is 36.2 Å². The van der Waals surface area contributed by atoms with Crippen LogP contribution in [0.2, 0.25) is 0 Å². The van der Waals surface area contributed by atoms with Crippen molar-refractivity contribution in [3.05, 3.63) is 71.3 Å². The number of carbonyl (C=O) groups is 2. The summed E-state index contributed by atoms with van der Waals surface area (Å²) in [5.74, 6) is -0.221. The van der Waals surface area contributed by atoms with Crippen LogP contribution in [-0.4, -0.2) is 30.3 Å². The molecule has 0 saturated heterocycles. The Morgan fingerprint density at radius 3 is 2.40 bits per heavy atom. The number of unbranched alkanes of at least 4 members (excludes halogenated alkanes) is 2. The van der Waals surface area contributed by atoms with Crippen molar-refractivity contribution in [1.29, 1.82) is 0 Å². The third kappa shape index (κ3) is 5.75. The Balaban J connectivity index is 1.99. The minimum absolute atomic E-state index is 0.0931. The van der Waals surface area contributed by atoms with Gasteiger partial charge in [0.05, 0.1) is 0 Å². The molecule has 132 valence electrons. The van der Waals surface area contributed by atoms with Crippen LogP contribution in [0.4, 0.5) is 0 Å². The zero-order valence-corrected chi connectivity index (χ0v) is 15.0. The van der Waals surface area contributed by atoms with Gasteiger partial charge in [-0.25, -0.2) is 0 Å². The molecule has 4 nitrogen and oxygen atoms in total. The Kier molecular flexibility index (Phi) is 7.20. The number of carbonyl (C=O) groups excluding carboxylic acids is 2. The first-order chi connectivity index (χ1) is 12.1. The molecule has 0 bridgehead atoms. The third-order valence-corrected chi connectivity index (χ3v) is 4.05. The lowest BCUT2D eigenvalue weighted by Crippen LogP contribution is -2.27. The summed E-state index contributed by atoms with van der Waals surface area (Å²) in [6, 6.07) is 16.8. The Morgan fingerprint density at radius 1 is 0.960 bits per heavy atom. The highest BCUT2D eigenvalue weighted by atomic mass is 16.2. The number of amides is 2. The van der Waals surface area contributed by atoms with Crippen LogP contribution in [0, 0.1) is 0 Å². The maximum atomic E-state index is 12.6. The second kappa shape index (κ2) is 9.62. The summed E-state index contributed by atoms with van der Waals surface area (Å²) < 4.78 is 0. The van der Waals surface area contributed by atoms with Crippen LogP contribution in [0.25, 0.3) is 0 Å². The molecule has 2 aromatic carbocycles. The van der Waals surface area contributed by atoms with Gasteiger partial charge in [0.2, 0.25) is 0 Å². The summed E-state index contributed by atoms with van der Waals surface area (Å²) >= 11 is 0. The Bertz CT molecular complexity index is 698. The van der Waals surface area contributed by atoms with E-state index in [-0.39, 0.29) is 11.8 Å². The van der Waals surface area contributed by atoms with Gasteiger partial charge in [-0.15, -0.1) is 0 Å². The van der Waals surface area contributed by atoms with Crippen molar-refractivity contribution in [3.63, 3.8) is 0 Å². The number of nitrogens with zero attached hydrogens (tertiary/aromatic N) is 1. The van der Waals surface area contributed by atoms with Gasteiger partial charge in [-0.1, -0.05) is 56.2 Å². The third-order valence-electron chi connectivity index (χ3n) is 4.05. The topological polar surface area (TPSA) is 49.4 Å². The fourth-order valence-corrected chi connectivity index (χ4v) is 2.62. The summed E-state index contributed by atoms with van der Waals surface area (Å²) in [4.78, 5) is 26.5. The molecule has 0 spiro atoms. The number of nitrogens with one attached hydrogen (secondary N) is 1. The summed E-state index contributed by atoms with van der Waals surface area (Å²) in [5.41, 5.74) is 2.12. The van der Waals surface area contributed by atoms with E-state index >= 15 is 0 Å². The zero-order valence-electron chi connectivity index (χ0n) is 15.0. The smallest absolute Gasteiger partial charge is 0.253 e. The van der Waals surface area contributed by atoms with E-state index in [0.29, 0.717) is 24.2 Å².